The number of halogens is 1. The highest BCUT2D eigenvalue weighted by Gasteiger charge is 2.14. The molecule has 5 heteroatoms. The van der Waals surface area contributed by atoms with Crippen LogP contribution < -0.4 is 0 Å². The summed E-state index contributed by atoms with van der Waals surface area (Å²) in [4.78, 5) is 16.6. The van der Waals surface area contributed by atoms with Crippen LogP contribution in [0, 0.1) is 5.82 Å². The molecule has 0 aliphatic rings. The van der Waals surface area contributed by atoms with Crippen molar-refractivity contribution in [1.82, 2.24) is 9.38 Å². The molecule has 4 rings (SSSR count). The van der Waals surface area contributed by atoms with Crippen molar-refractivity contribution in [3.63, 3.8) is 0 Å². The Morgan fingerprint density at radius 3 is 2.62 bits per heavy atom. The second-order valence-corrected chi connectivity index (χ2v) is 5.85. The number of hydrogen-bond donors (Lipinski definition) is 0. The van der Waals surface area contributed by atoms with E-state index >= 15 is 0 Å². The zero-order valence-electron chi connectivity index (χ0n) is 13.8. The van der Waals surface area contributed by atoms with Crippen LogP contribution in [0.4, 0.5) is 4.39 Å². The summed E-state index contributed by atoms with van der Waals surface area (Å²) < 4.78 is 21.6. The molecule has 0 spiro atoms. The number of aromatic nitrogens is 2. The Labute approximate surface area is 149 Å². The van der Waals surface area contributed by atoms with E-state index in [0.717, 1.165) is 11.2 Å². The maximum absolute atomic E-state index is 14.5. The van der Waals surface area contributed by atoms with Crippen molar-refractivity contribution in [2.75, 3.05) is 0 Å². The second kappa shape index (κ2) is 6.80. The molecule has 0 bridgehead atoms. The van der Waals surface area contributed by atoms with Gasteiger partial charge in [-0.05, 0) is 35.9 Å². The van der Waals surface area contributed by atoms with E-state index in [-0.39, 0.29) is 12.2 Å². The van der Waals surface area contributed by atoms with Crippen LogP contribution in [0.15, 0.2) is 79.1 Å². The number of esters is 1. The van der Waals surface area contributed by atoms with Crippen molar-refractivity contribution in [1.29, 1.82) is 0 Å². The first-order valence-electron chi connectivity index (χ1n) is 8.15. The van der Waals surface area contributed by atoms with E-state index < -0.39 is 11.8 Å². The summed E-state index contributed by atoms with van der Waals surface area (Å²) in [6, 6.07) is 19.2. The van der Waals surface area contributed by atoms with E-state index in [4.69, 9.17) is 4.74 Å². The summed E-state index contributed by atoms with van der Waals surface area (Å²) in [6.07, 6.45) is 3.60. The number of carbonyl (C=O) groups is 1. The molecule has 0 aliphatic heterocycles. The van der Waals surface area contributed by atoms with Crippen LogP contribution in [0.3, 0.4) is 0 Å². The summed E-state index contributed by atoms with van der Waals surface area (Å²) in [5, 5.41) is 0. The van der Waals surface area contributed by atoms with Crippen molar-refractivity contribution < 1.29 is 13.9 Å². The van der Waals surface area contributed by atoms with Crippen LogP contribution >= 0.6 is 0 Å². The topological polar surface area (TPSA) is 43.6 Å². The molecule has 2 heterocycles. The summed E-state index contributed by atoms with van der Waals surface area (Å²) in [5.41, 5.74) is 2.63. The maximum atomic E-state index is 14.5. The Hall–Kier alpha value is -3.47. The number of ether oxygens (including phenoxy) is 1. The second-order valence-electron chi connectivity index (χ2n) is 5.85. The highest BCUT2D eigenvalue weighted by atomic mass is 19.1. The Morgan fingerprint density at radius 2 is 1.85 bits per heavy atom. The highest BCUT2D eigenvalue weighted by molar-refractivity contribution is 5.90. The van der Waals surface area contributed by atoms with Crippen LogP contribution in [-0.2, 0) is 11.3 Å². The highest BCUT2D eigenvalue weighted by Crippen LogP contribution is 2.24. The van der Waals surface area contributed by atoms with E-state index in [1.807, 2.05) is 59.1 Å². The van der Waals surface area contributed by atoms with Gasteiger partial charge in [-0.1, -0.05) is 36.4 Å². The Kier molecular flexibility index (Phi) is 4.19. The molecule has 2 aromatic heterocycles. The molecule has 0 amide bonds. The number of carbonyl (C=O) groups excluding carboxylic acids is 1. The lowest BCUT2D eigenvalue weighted by atomic mass is 10.1. The number of nitrogens with zero attached hydrogens (tertiary/aromatic N) is 2. The lowest BCUT2D eigenvalue weighted by molar-refractivity contribution is 0.0472. The van der Waals surface area contributed by atoms with E-state index in [2.05, 4.69) is 4.98 Å². The summed E-state index contributed by atoms with van der Waals surface area (Å²) in [6.45, 7) is 0.148. The van der Waals surface area contributed by atoms with Crippen molar-refractivity contribution in [2.24, 2.45) is 0 Å². The van der Waals surface area contributed by atoms with Gasteiger partial charge < -0.3 is 9.14 Å². The van der Waals surface area contributed by atoms with Gasteiger partial charge in [0.2, 0.25) is 0 Å². The third kappa shape index (κ3) is 3.19. The van der Waals surface area contributed by atoms with Crippen LogP contribution in [0.1, 0.15) is 15.9 Å². The van der Waals surface area contributed by atoms with Gasteiger partial charge >= 0.3 is 5.97 Å². The number of fused-ring (bicyclic) bond motifs is 1. The molecular weight excluding hydrogens is 331 g/mol. The van der Waals surface area contributed by atoms with Crippen LogP contribution in [-0.4, -0.2) is 15.4 Å². The molecule has 0 atom stereocenters. The van der Waals surface area contributed by atoms with Gasteiger partial charge in [-0.2, -0.15) is 0 Å². The third-order valence-corrected chi connectivity index (χ3v) is 4.06. The normalized spacial score (nSPS) is 10.8. The van der Waals surface area contributed by atoms with E-state index in [1.165, 1.54) is 6.07 Å². The van der Waals surface area contributed by atoms with Gasteiger partial charge in [-0.3, -0.25) is 0 Å². The molecule has 128 valence electrons. The van der Waals surface area contributed by atoms with Gasteiger partial charge in [-0.15, -0.1) is 0 Å². The first kappa shape index (κ1) is 16.0. The van der Waals surface area contributed by atoms with E-state index in [9.17, 15) is 9.18 Å². The minimum atomic E-state index is -0.561. The zero-order chi connectivity index (χ0) is 17.9. The number of pyridine rings is 1. The average molecular weight is 346 g/mol. The predicted molar refractivity (Wildman–Crippen MR) is 96.1 cm³/mol. The molecule has 0 saturated heterocycles. The van der Waals surface area contributed by atoms with Crippen LogP contribution in [0.5, 0.6) is 0 Å². The third-order valence-electron chi connectivity index (χ3n) is 4.06. The summed E-state index contributed by atoms with van der Waals surface area (Å²) in [7, 11) is 0. The van der Waals surface area contributed by atoms with Gasteiger partial charge in [0.05, 0.1) is 11.3 Å². The summed E-state index contributed by atoms with van der Waals surface area (Å²) in [5.74, 6) is -1.07. The molecule has 0 saturated carbocycles. The fourth-order valence-corrected chi connectivity index (χ4v) is 2.72. The smallest absolute Gasteiger partial charge is 0.338 e. The SMILES string of the molecule is O=C(OCc1ccccc1)c1ccc(-c2cn3ccccc3n2)c(F)c1. The molecule has 0 radical (unpaired) electrons. The summed E-state index contributed by atoms with van der Waals surface area (Å²) >= 11 is 0. The van der Waals surface area contributed by atoms with Gasteiger partial charge in [0.15, 0.2) is 0 Å². The fourth-order valence-electron chi connectivity index (χ4n) is 2.72. The first-order valence-corrected chi connectivity index (χ1v) is 8.15. The van der Waals surface area contributed by atoms with E-state index in [1.54, 1.807) is 18.3 Å². The van der Waals surface area contributed by atoms with Crippen LogP contribution in [0.25, 0.3) is 16.9 Å². The Balaban J connectivity index is 1.54. The average Bonchev–Trinajstić information content (AvgIpc) is 3.10. The fraction of sp³-hybridized carbons (Fsp3) is 0.0476. The molecule has 0 fully saturated rings. The number of imidazole rings is 1. The Morgan fingerprint density at radius 1 is 1.04 bits per heavy atom. The van der Waals surface area contributed by atoms with Crippen molar-refractivity contribution in [3.05, 3.63) is 96.1 Å². The van der Waals surface area contributed by atoms with Crippen molar-refractivity contribution >= 4 is 11.6 Å². The quantitative estimate of drug-likeness (QED) is 0.511. The van der Waals surface area contributed by atoms with Gasteiger partial charge in [0, 0.05) is 18.0 Å². The number of hydrogen-bond acceptors (Lipinski definition) is 3. The monoisotopic (exact) mass is 346 g/mol. The number of benzene rings is 2. The molecule has 26 heavy (non-hydrogen) atoms. The van der Waals surface area contributed by atoms with Crippen molar-refractivity contribution in [2.45, 2.75) is 6.61 Å². The molecule has 0 N–H and O–H groups in total. The van der Waals surface area contributed by atoms with Crippen LogP contribution in [0.2, 0.25) is 0 Å². The lowest BCUT2D eigenvalue weighted by Gasteiger charge is -2.06. The maximum Gasteiger partial charge on any atom is 0.338 e. The molecule has 0 unspecified atom stereocenters. The number of rotatable bonds is 4. The molecule has 0 aliphatic carbocycles. The van der Waals surface area contributed by atoms with Crippen molar-refractivity contribution in [3.8, 4) is 11.3 Å². The molecular formula is C21H15FN2O2. The predicted octanol–water partition coefficient (Wildman–Crippen LogP) is 4.50. The van der Waals surface area contributed by atoms with E-state index in [0.29, 0.717) is 11.3 Å². The zero-order valence-corrected chi connectivity index (χ0v) is 13.8. The van der Waals surface area contributed by atoms with Gasteiger partial charge in [0.1, 0.15) is 18.1 Å². The first-order chi connectivity index (χ1) is 12.7. The minimum absolute atomic E-state index is 0.148. The molecule has 4 nitrogen and oxygen atoms in total. The lowest BCUT2D eigenvalue weighted by Crippen LogP contribution is -2.06. The molecule has 2 aromatic carbocycles. The minimum Gasteiger partial charge on any atom is -0.457 e. The standard InChI is InChI=1S/C21H15FN2O2/c22-18-12-16(21(25)26-14-15-6-2-1-3-7-15)9-10-17(18)19-13-24-11-5-4-8-20(24)23-19/h1-13H,14H2. The Bertz CT molecular complexity index is 1040. The molecule has 4 aromatic rings. The van der Waals surface area contributed by atoms with Gasteiger partial charge in [-0.25, -0.2) is 14.2 Å². The largest absolute Gasteiger partial charge is 0.457 e. The van der Waals surface area contributed by atoms with Gasteiger partial charge in [0.25, 0.3) is 0 Å².